The van der Waals surface area contributed by atoms with Gasteiger partial charge in [0.05, 0.1) is 9.35 Å². The Morgan fingerprint density at radius 1 is 1.23 bits per heavy atom. The molecule has 0 N–H and O–H groups in total. The highest BCUT2D eigenvalue weighted by atomic mass is 79.9. The molecule has 0 saturated heterocycles. The van der Waals surface area contributed by atoms with Crippen molar-refractivity contribution >= 4 is 43.6 Å². The topological polar surface area (TPSA) is 43.1 Å². The molecule has 3 aromatic heterocycles. The molecule has 110 valence electrons. The van der Waals surface area contributed by atoms with Crippen molar-refractivity contribution in [2.24, 2.45) is 0 Å². The Hall–Kier alpha value is -1.64. The van der Waals surface area contributed by atoms with Crippen LogP contribution in [0.15, 0.2) is 34.1 Å². The standard InChI is InChI=1S/C14H8BrFN4S2/c1-7-4-5-21-11(7)12-17-18-14-20(12)19-13(22-14)8-2-3-10(16)9(15)6-8/h2-6H,1H3. The maximum Gasteiger partial charge on any atom is 0.235 e. The molecule has 0 amide bonds. The van der Waals surface area contributed by atoms with Crippen LogP contribution >= 0.6 is 38.6 Å². The van der Waals surface area contributed by atoms with Crippen LogP contribution in [-0.4, -0.2) is 19.8 Å². The monoisotopic (exact) mass is 394 g/mol. The van der Waals surface area contributed by atoms with Crippen LogP contribution in [0.2, 0.25) is 0 Å². The normalized spacial score (nSPS) is 11.4. The van der Waals surface area contributed by atoms with E-state index in [1.165, 1.54) is 17.4 Å². The van der Waals surface area contributed by atoms with Crippen molar-refractivity contribution in [1.29, 1.82) is 0 Å². The summed E-state index contributed by atoms with van der Waals surface area (Å²) < 4.78 is 15.5. The van der Waals surface area contributed by atoms with Crippen molar-refractivity contribution in [2.75, 3.05) is 0 Å². The quantitative estimate of drug-likeness (QED) is 0.490. The first kappa shape index (κ1) is 14.0. The van der Waals surface area contributed by atoms with E-state index in [1.54, 1.807) is 28.0 Å². The van der Waals surface area contributed by atoms with Gasteiger partial charge in [-0.1, -0.05) is 11.3 Å². The predicted octanol–water partition coefficient (Wildman–Crippen LogP) is 4.79. The highest BCUT2D eigenvalue weighted by Gasteiger charge is 2.17. The average molecular weight is 395 g/mol. The van der Waals surface area contributed by atoms with Gasteiger partial charge < -0.3 is 0 Å². The van der Waals surface area contributed by atoms with Crippen LogP contribution in [0.4, 0.5) is 4.39 Å². The van der Waals surface area contributed by atoms with E-state index in [1.807, 2.05) is 18.4 Å². The molecule has 0 saturated carbocycles. The van der Waals surface area contributed by atoms with Crippen LogP contribution < -0.4 is 0 Å². The number of nitrogens with zero attached hydrogens (tertiary/aromatic N) is 4. The summed E-state index contributed by atoms with van der Waals surface area (Å²) in [6, 6.07) is 6.90. The van der Waals surface area contributed by atoms with E-state index in [4.69, 9.17) is 0 Å². The van der Waals surface area contributed by atoms with Crippen LogP contribution in [-0.2, 0) is 0 Å². The van der Waals surface area contributed by atoms with Crippen LogP contribution in [0.5, 0.6) is 0 Å². The van der Waals surface area contributed by atoms with E-state index < -0.39 is 0 Å². The summed E-state index contributed by atoms with van der Waals surface area (Å²) in [6.45, 7) is 2.04. The Morgan fingerprint density at radius 2 is 2.09 bits per heavy atom. The molecule has 0 fully saturated rings. The molecule has 0 aliphatic rings. The zero-order valence-electron chi connectivity index (χ0n) is 11.2. The highest BCUT2D eigenvalue weighted by molar-refractivity contribution is 9.10. The lowest BCUT2D eigenvalue weighted by Crippen LogP contribution is -1.90. The minimum atomic E-state index is -0.290. The molecule has 0 bridgehead atoms. The van der Waals surface area contributed by atoms with Gasteiger partial charge in [-0.25, -0.2) is 4.39 Å². The smallest absolute Gasteiger partial charge is 0.206 e. The Balaban J connectivity index is 1.86. The van der Waals surface area contributed by atoms with Crippen LogP contribution in [0, 0.1) is 12.7 Å². The maximum absolute atomic E-state index is 13.4. The molecule has 1 aromatic carbocycles. The first-order chi connectivity index (χ1) is 10.6. The first-order valence-corrected chi connectivity index (χ1v) is 8.84. The molecule has 4 aromatic rings. The SMILES string of the molecule is Cc1ccsc1-c1nnc2sc(-c3ccc(F)c(Br)c3)nn12. The number of hydrogen-bond donors (Lipinski definition) is 0. The van der Waals surface area contributed by atoms with E-state index in [0.29, 0.717) is 4.47 Å². The van der Waals surface area contributed by atoms with Gasteiger partial charge in [-0.15, -0.1) is 21.5 Å². The fourth-order valence-corrected chi connectivity index (χ4v) is 4.22. The Labute approximate surface area is 141 Å². The second kappa shape index (κ2) is 5.22. The van der Waals surface area contributed by atoms with Gasteiger partial charge in [-0.05, 0) is 58.1 Å². The van der Waals surface area contributed by atoms with Gasteiger partial charge >= 0.3 is 0 Å². The number of thiophene rings is 1. The number of benzene rings is 1. The molecule has 0 atom stereocenters. The Bertz CT molecular complexity index is 988. The van der Waals surface area contributed by atoms with Gasteiger partial charge in [0.1, 0.15) is 10.8 Å². The van der Waals surface area contributed by atoms with Crippen LogP contribution in [0.25, 0.3) is 26.2 Å². The molecule has 0 radical (unpaired) electrons. The summed E-state index contributed by atoms with van der Waals surface area (Å²) in [5, 5.41) is 15.8. The molecule has 0 spiro atoms. The van der Waals surface area contributed by atoms with E-state index >= 15 is 0 Å². The number of halogens is 2. The molecule has 0 unspecified atom stereocenters. The largest absolute Gasteiger partial charge is 0.235 e. The number of aromatic nitrogens is 4. The lowest BCUT2D eigenvalue weighted by atomic mass is 10.2. The second-order valence-electron chi connectivity index (χ2n) is 4.69. The second-order valence-corrected chi connectivity index (χ2v) is 7.41. The fourth-order valence-electron chi connectivity index (χ4n) is 2.11. The predicted molar refractivity (Wildman–Crippen MR) is 89.8 cm³/mol. The lowest BCUT2D eigenvalue weighted by molar-refractivity contribution is 0.621. The summed E-state index contributed by atoms with van der Waals surface area (Å²) in [6.07, 6.45) is 0. The summed E-state index contributed by atoms with van der Waals surface area (Å²) in [4.78, 5) is 1.78. The number of hydrogen-bond acceptors (Lipinski definition) is 5. The summed E-state index contributed by atoms with van der Waals surface area (Å²) in [7, 11) is 0. The molecule has 8 heteroatoms. The molecule has 22 heavy (non-hydrogen) atoms. The highest BCUT2D eigenvalue weighted by Crippen LogP contribution is 2.32. The van der Waals surface area contributed by atoms with Gasteiger partial charge in [0.25, 0.3) is 0 Å². The maximum atomic E-state index is 13.4. The van der Waals surface area contributed by atoms with Gasteiger partial charge in [0.15, 0.2) is 5.82 Å². The molecule has 0 aliphatic heterocycles. The number of aryl methyl sites for hydroxylation is 1. The summed E-state index contributed by atoms with van der Waals surface area (Å²) in [5.74, 6) is 0.452. The fraction of sp³-hybridized carbons (Fsp3) is 0.0714. The van der Waals surface area contributed by atoms with E-state index in [0.717, 1.165) is 31.8 Å². The Morgan fingerprint density at radius 3 is 2.82 bits per heavy atom. The molecule has 3 heterocycles. The molecule has 4 rings (SSSR count). The van der Waals surface area contributed by atoms with Gasteiger partial charge in [0, 0.05) is 5.56 Å². The van der Waals surface area contributed by atoms with Gasteiger partial charge in [0.2, 0.25) is 4.96 Å². The average Bonchev–Trinajstić information content (AvgIpc) is 3.17. The van der Waals surface area contributed by atoms with Gasteiger partial charge in [-0.3, -0.25) is 0 Å². The minimum Gasteiger partial charge on any atom is -0.206 e. The number of rotatable bonds is 2. The summed E-state index contributed by atoms with van der Waals surface area (Å²) >= 11 is 6.25. The third-order valence-corrected chi connectivity index (χ3v) is 5.79. The van der Waals surface area contributed by atoms with Crippen molar-refractivity contribution in [3.8, 4) is 21.3 Å². The Kier molecular flexibility index (Phi) is 3.32. The van der Waals surface area contributed by atoms with Crippen LogP contribution in [0.1, 0.15) is 5.56 Å². The van der Waals surface area contributed by atoms with Crippen LogP contribution in [0.3, 0.4) is 0 Å². The zero-order valence-corrected chi connectivity index (χ0v) is 14.5. The number of fused-ring (bicyclic) bond motifs is 1. The van der Waals surface area contributed by atoms with E-state index in [2.05, 4.69) is 31.2 Å². The van der Waals surface area contributed by atoms with E-state index in [-0.39, 0.29) is 5.82 Å². The molecule has 0 aliphatic carbocycles. The molecular formula is C14H8BrFN4S2. The summed E-state index contributed by atoms with van der Waals surface area (Å²) in [5.41, 5.74) is 2.00. The lowest BCUT2D eigenvalue weighted by Gasteiger charge is -1.98. The van der Waals surface area contributed by atoms with Crippen molar-refractivity contribution in [3.63, 3.8) is 0 Å². The van der Waals surface area contributed by atoms with E-state index in [9.17, 15) is 4.39 Å². The van der Waals surface area contributed by atoms with Crippen molar-refractivity contribution in [3.05, 3.63) is 45.5 Å². The minimum absolute atomic E-state index is 0.290. The third kappa shape index (κ3) is 2.18. The van der Waals surface area contributed by atoms with Crippen molar-refractivity contribution in [1.82, 2.24) is 19.8 Å². The zero-order chi connectivity index (χ0) is 15.3. The third-order valence-electron chi connectivity index (χ3n) is 3.22. The van der Waals surface area contributed by atoms with Crippen molar-refractivity contribution in [2.45, 2.75) is 6.92 Å². The first-order valence-electron chi connectivity index (χ1n) is 6.35. The van der Waals surface area contributed by atoms with Crippen molar-refractivity contribution < 1.29 is 4.39 Å². The molecular weight excluding hydrogens is 387 g/mol. The van der Waals surface area contributed by atoms with Gasteiger partial charge in [-0.2, -0.15) is 9.61 Å². The molecule has 4 nitrogen and oxygen atoms in total.